The van der Waals surface area contributed by atoms with Gasteiger partial charge in [-0.25, -0.2) is 0 Å². The second-order valence-corrected chi connectivity index (χ2v) is 7.06. The summed E-state index contributed by atoms with van der Waals surface area (Å²) in [6, 6.07) is 16.0. The molecule has 0 bridgehead atoms. The number of carbonyl (C=O) groups excluding carboxylic acids is 2. The van der Waals surface area contributed by atoms with Gasteiger partial charge in [-0.3, -0.25) is 14.5 Å². The number of hydrogen-bond donors (Lipinski definition) is 1. The number of halogens is 1. The molecule has 0 aliphatic carbocycles. The topological polar surface area (TPSA) is 52.7 Å². The number of thiocarbonyl (C=S) groups is 1. The van der Waals surface area contributed by atoms with Crippen molar-refractivity contribution < 1.29 is 9.59 Å². The zero-order valence-electron chi connectivity index (χ0n) is 14.9. The van der Waals surface area contributed by atoms with E-state index in [9.17, 15) is 9.59 Å². The smallest absolute Gasteiger partial charge is 0.252 e. The number of likely N-dealkylation sites (N-methyl/N-ethyl adjacent to an activating group) is 1. The third-order valence-electron chi connectivity index (χ3n) is 4.42. The molecule has 1 aliphatic rings. The van der Waals surface area contributed by atoms with Crippen LogP contribution in [0.1, 0.15) is 18.9 Å². The third kappa shape index (κ3) is 4.46. The Morgan fingerprint density at radius 2 is 1.81 bits per heavy atom. The maximum Gasteiger partial charge on any atom is 0.252 e. The Morgan fingerprint density at radius 1 is 1.15 bits per heavy atom. The zero-order chi connectivity index (χ0) is 19.4. The van der Waals surface area contributed by atoms with Crippen molar-refractivity contribution in [3.63, 3.8) is 0 Å². The molecule has 1 heterocycles. The lowest BCUT2D eigenvalue weighted by Crippen LogP contribution is -2.37. The van der Waals surface area contributed by atoms with Crippen LogP contribution in [0.5, 0.6) is 0 Å². The maximum absolute atomic E-state index is 12.8. The summed E-state index contributed by atoms with van der Waals surface area (Å²) >= 11 is 11.4. The van der Waals surface area contributed by atoms with Crippen molar-refractivity contribution in [3.8, 4) is 0 Å². The van der Waals surface area contributed by atoms with Gasteiger partial charge < -0.3 is 10.2 Å². The van der Waals surface area contributed by atoms with Gasteiger partial charge in [0.15, 0.2) is 5.11 Å². The molecule has 1 aliphatic heterocycles. The fraction of sp³-hybridized carbons (Fsp3) is 0.250. The van der Waals surface area contributed by atoms with Gasteiger partial charge in [-0.1, -0.05) is 41.9 Å². The van der Waals surface area contributed by atoms with Crippen molar-refractivity contribution in [1.82, 2.24) is 9.80 Å². The summed E-state index contributed by atoms with van der Waals surface area (Å²) in [6.07, 6.45) is 0.0327. The van der Waals surface area contributed by atoms with E-state index < -0.39 is 6.04 Å². The van der Waals surface area contributed by atoms with Gasteiger partial charge in [-0.15, -0.1) is 0 Å². The molecule has 0 radical (unpaired) electrons. The van der Waals surface area contributed by atoms with E-state index in [1.807, 2.05) is 42.2 Å². The molecule has 2 amide bonds. The van der Waals surface area contributed by atoms with Crippen LogP contribution in [-0.4, -0.2) is 39.3 Å². The Labute approximate surface area is 168 Å². The van der Waals surface area contributed by atoms with Gasteiger partial charge in [0.2, 0.25) is 5.91 Å². The Hall–Kier alpha value is -2.44. The molecule has 3 rings (SSSR count). The summed E-state index contributed by atoms with van der Waals surface area (Å²) in [7, 11) is 0. The zero-order valence-corrected chi connectivity index (χ0v) is 16.5. The minimum Gasteiger partial charge on any atom is -0.332 e. The molecule has 1 saturated heterocycles. The maximum atomic E-state index is 12.8. The van der Waals surface area contributed by atoms with E-state index >= 15 is 0 Å². The van der Waals surface area contributed by atoms with Crippen LogP contribution >= 0.6 is 23.8 Å². The van der Waals surface area contributed by atoms with Crippen LogP contribution in [0.25, 0.3) is 0 Å². The summed E-state index contributed by atoms with van der Waals surface area (Å²) in [6.45, 7) is 2.85. The molecule has 0 saturated carbocycles. The van der Waals surface area contributed by atoms with Gasteiger partial charge in [-0.05, 0) is 49.0 Å². The second kappa shape index (κ2) is 8.50. The van der Waals surface area contributed by atoms with Crippen molar-refractivity contribution in [2.24, 2.45) is 0 Å². The first-order valence-electron chi connectivity index (χ1n) is 8.71. The molecule has 2 aromatic rings. The SMILES string of the molecule is CCN1C(=O)C(CC(=O)Nc2ccc(Cl)cc2)N(Cc2ccccc2)C1=S. The molecule has 7 heteroatoms. The highest BCUT2D eigenvalue weighted by Gasteiger charge is 2.42. The minimum atomic E-state index is -0.607. The normalized spacial score (nSPS) is 16.7. The lowest BCUT2D eigenvalue weighted by molar-refractivity contribution is -0.130. The molecule has 5 nitrogen and oxygen atoms in total. The Balaban J connectivity index is 1.75. The van der Waals surface area contributed by atoms with Crippen LogP contribution in [0.15, 0.2) is 54.6 Å². The lowest BCUT2D eigenvalue weighted by Gasteiger charge is -2.23. The molecule has 0 aromatic heterocycles. The number of carbonyl (C=O) groups is 2. The Morgan fingerprint density at radius 3 is 2.44 bits per heavy atom. The standard InChI is InChI=1S/C20H20ClN3O2S/c1-2-23-19(26)17(12-18(25)22-16-10-8-15(21)9-11-16)24(20(23)27)13-14-6-4-3-5-7-14/h3-11,17H,2,12-13H2,1H3,(H,22,25). The van der Waals surface area contributed by atoms with Crippen molar-refractivity contribution in [2.45, 2.75) is 25.9 Å². The van der Waals surface area contributed by atoms with Crippen LogP contribution in [0.4, 0.5) is 5.69 Å². The molecule has 2 aromatic carbocycles. The highest BCUT2D eigenvalue weighted by Crippen LogP contribution is 2.24. The van der Waals surface area contributed by atoms with Crippen LogP contribution in [-0.2, 0) is 16.1 Å². The highest BCUT2D eigenvalue weighted by atomic mass is 35.5. The third-order valence-corrected chi connectivity index (χ3v) is 5.13. The van der Waals surface area contributed by atoms with Crippen molar-refractivity contribution in [1.29, 1.82) is 0 Å². The molecule has 140 valence electrons. The van der Waals surface area contributed by atoms with Gasteiger partial charge >= 0.3 is 0 Å². The molecule has 1 N–H and O–H groups in total. The summed E-state index contributed by atoms with van der Waals surface area (Å²) in [5, 5.41) is 3.87. The summed E-state index contributed by atoms with van der Waals surface area (Å²) < 4.78 is 0. The van der Waals surface area contributed by atoms with Gasteiger partial charge in [-0.2, -0.15) is 0 Å². The predicted octanol–water partition coefficient (Wildman–Crippen LogP) is 3.69. The fourth-order valence-corrected chi connectivity index (χ4v) is 3.60. The van der Waals surface area contributed by atoms with Crippen LogP contribution in [0.2, 0.25) is 5.02 Å². The first-order chi connectivity index (χ1) is 13.0. The Bertz CT molecular complexity index is 842. The van der Waals surface area contributed by atoms with Gasteiger partial charge in [0, 0.05) is 23.8 Å². The average Bonchev–Trinajstić information content (AvgIpc) is 2.88. The van der Waals surface area contributed by atoms with Crippen molar-refractivity contribution in [3.05, 3.63) is 65.2 Å². The largest absolute Gasteiger partial charge is 0.332 e. The van der Waals surface area contributed by atoms with Gasteiger partial charge in [0.05, 0.1) is 6.42 Å². The molecule has 1 unspecified atom stereocenters. The monoisotopic (exact) mass is 401 g/mol. The first-order valence-corrected chi connectivity index (χ1v) is 9.49. The van der Waals surface area contributed by atoms with Crippen molar-refractivity contribution in [2.75, 3.05) is 11.9 Å². The van der Waals surface area contributed by atoms with E-state index in [-0.39, 0.29) is 18.2 Å². The summed E-state index contributed by atoms with van der Waals surface area (Å²) in [4.78, 5) is 28.7. The van der Waals surface area contributed by atoms with Crippen LogP contribution in [0, 0.1) is 0 Å². The van der Waals surface area contributed by atoms with E-state index in [1.165, 1.54) is 0 Å². The van der Waals surface area contributed by atoms with Crippen LogP contribution < -0.4 is 5.32 Å². The average molecular weight is 402 g/mol. The molecule has 0 spiro atoms. The van der Waals surface area contributed by atoms with E-state index in [1.54, 1.807) is 29.2 Å². The number of rotatable bonds is 6. The molecule has 1 fully saturated rings. The predicted molar refractivity (Wildman–Crippen MR) is 110 cm³/mol. The summed E-state index contributed by atoms with van der Waals surface area (Å²) in [5.74, 6) is -0.376. The number of nitrogens with one attached hydrogen (secondary N) is 1. The van der Waals surface area contributed by atoms with Crippen molar-refractivity contribution >= 4 is 46.4 Å². The van der Waals surface area contributed by atoms with E-state index in [0.717, 1.165) is 5.56 Å². The fourth-order valence-electron chi connectivity index (χ4n) is 3.06. The molecular formula is C20H20ClN3O2S. The number of nitrogens with zero attached hydrogens (tertiary/aromatic N) is 2. The number of hydrogen-bond acceptors (Lipinski definition) is 3. The molecule has 27 heavy (non-hydrogen) atoms. The number of anilines is 1. The second-order valence-electron chi connectivity index (χ2n) is 6.25. The minimum absolute atomic E-state index is 0.0327. The Kier molecular flexibility index (Phi) is 6.08. The number of amides is 2. The van der Waals surface area contributed by atoms with Gasteiger partial charge in [0.1, 0.15) is 6.04 Å². The molecule has 1 atom stereocenters. The van der Waals surface area contributed by atoms with E-state index in [2.05, 4.69) is 5.32 Å². The van der Waals surface area contributed by atoms with E-state index in [0.29, 0.717) is 28.9 Å². The van der Waals surface area contributed by atoms with Gasteiger partial charge in [0.25, 0.3) is 5.91 Å². The summed E-state index contributed by atoms with van der Waals surface area (Å²) in [5.41, 5.74) is 1.67. The molecular weight excluding hydrogens is 382 g/mol. The lowest BCUT2D eigenvalue weighted by atomic mass is 10.1. The van der Waals surface area contributed by atoms with Crippen LogP contribution in [0.3, 0.4) is 0 Å². The quantitative estimate of drug-likeness (QED) is 0.750. The number of benzene rings is 2. The highest BCUT2D eigenvalue weighted by molar-refractivity contribution is 7.80. The van der Waals surface area contributed by atoms with E-state index in [4.69, 9.17) is 23.8 Å². The first kappa shape index (κ1) is 19.3.